The molecule has 152 valence electrons. The van der Waals surface area contributed by atoms with Crippen LogP contribution in [0.1, 0.15) is 37.2 Å². The second kappa shape index (κ2) is 6.83. The van der Waals surface area contributed by atoms with Gasteiger partial charge in [0.2, 0.25) is 0 Å². The number of benzene rings is 4. The molecule has 5 aromatic rings. The molecule has 1 aromatic heterocycles. The highest BCUT2D eigenvalue weighted by Crippen LogP contribution is 2.54. The summed E-state index contributed by atoms with van der Waals surface area (Å²) in [5, 5.41) is 9.29. The Hall–Kier alpha value is -2.84. The highest BCUT2D eigenvalue weighted by atomic mass is 32.1. The summed E-state index contributed by atoms with van der Waals surface area (Å²) in [6.07, 6.45) is 5.72. The van der Waals surface area contributed by atoms with E-state index >= 15 is 0 Å². The average Bonchev–Trinajstić information content (AvgIpc) is 3.53. The van der Waals surface area contributed by atoms with E-state index in [1.165, 1.54) is 68.0 Å². The lowest BCUT2D eigenvalue weighted by Gasteiger charge is -2.24. The summed E-state index contributed by atoms with van der Waals surface area (Å²) in [4.78, 5) is 0. The molecule has 31 heavy (non-hydrogen) atoms. The molecule has 1 N–H and O–H groups in total. The Morgan fingerprint density at radius 1 is 0.645 bits per heavy atom. The maximum Gasteiger partial charge on any atom is 0.0478 e. The molecule has 0 amide bonds. The number of rotatable bonds is 3. The first-order valence-corrected chi connectivity index (χ1v) is 12.4. The van der Waals surface area contributed by atoms with E-state index in [2.05, 4.69) is 84.2 Å². The Kier molecular flexibility index (Phi) is 3.92. The third kappa shape index (κ3) is 2.74. The van der Waals surface area contributed by atoms with Crippen LogP contribution in [0.5, 0.6) is 0 Å². The van der Waals surface area contributed by atoms with Crippen LogP contribution in [-0.4, -0.2) is 0 Å². The van der Waals surface area contributed by atoms with Gasteiger partial charge in [-0.15, -0.1) is 11.3 Å². The lowest BCUT2D eigenvalue weighted by Crippen LogP contribution is -2.09. The van der Waals surface area contributed by atoms with Crippen LogP contribution in [0.4, 0.5) is 11.4 Å². The van der Waals surface area contributed by atoms with Gasteiger partial charge in [0.1, 0.15) is 0 Å². The predicted octanol–water partition coefficient (Wildman–Crippen LogP) is 8.85. The second-order valence-corrected chi connectivity index (χ2v) is 10.5. The lowest BCUT2D eigenvalue weighted by atomic mass is 9.81. The minimum Gasteiger partial charge on any atom is -0.354 e. The van der Waals surface area contributed by atoms with E-state index in [4.69, 9.17) is 0 Å². The summed E-state index contributed by atoms with van der Waals surface area (Å²) in [6, 6.07) is 29.1. The summed E-state index contributed by atoms with van der Waals surface area (Å²) in [7, 11) is 0. The molecule has 7 rings (SSSR count). The van der Waals surface area contributed by atoms with Gasteiger partial charge in [0.05, 0.1) is 0 Å². The number of hydrogen-bond donors (Lipinski definition) is 1. The lowest BCUT2D eigenvalue weighted by molar-refractivity contribution is 0.422. The fourth-order valence-corrected chi connectivity index (χ4v) is 7.55. The van der Waals surface area contributed by atoms with Gasteiger partial charge in [0, 0.05) is 36.9 Å². The fraction of sp³-hybridized carbons (Fsp3) is 0.241. The van der Waals surface area contributed by atoms with Crippen molar-refractivity contribution in [3.05, 3.63) is 84.4 Å². The van der Waals surface area contributed by atoms with Crippen molar-refractivity contribution in [3.63, 3.8) is 0 Å². The van der Waals surface area contributed by atoms with E-state index in [0.717, 1.165) is 17.8 Å². The molecule has 0 aliphatic heterocycles. The zero-order valence-electron chi connectivity index (χ0n) is 17.5. The van der Waals surface area contributed by atoms with Gasteiger partial charge in [0.25, 0.3) is 0 Å². The Balaban J connectivity index is 1.36. The van der Waals surface area contributed by atoms with E-state index < -0.39 is 0 Å². The van der Waals surface area contributed by atoms with Crippen LogP contribution in [0.2, 0.25) is 0 Å². The van der Waals surface area contributed by atoms with Gasteiger partial charge in [-0.25, -0.2) is 0 Å². The number of anilines is 2. The van der Waals surface area contributed by atoms with Crippen LogP contribution in [0, 0.1) is 11.8 Å². The molecule has 2 fully saturated rings. The molecule has 4 aromatic carbocycles. The standard InChI is InChI=1S/C29H25NS/c1-2-12-27-23(6-1)29-26(11-5-13-28(29)31-27)30-25-10-4-8-20-21(7-3-9-22(20)25)24-17-18-14-15-19(24)16-18/h1-13,18-19,24,30H,14-17H2. The van der Waals surface area contributed by atoms with Gasteiger partial charge < -0.3 is 5.32 Å². The van der Waals surface area contributed by atoms with Crippen LogP contribution in [0.25, 0.3) is 30.9 Å². The van der Waals surface area contributed by atoms with Gasteiger partial charge in [-0.1, -0.05) is 61.0 Å². The second-order valence-electron chi connectivity index (χ2n) is 9.43. The Morgan fingerprint density at radius 2 is 1.42 bits per heavy atom. The zero-order chi connectivity index (χ0) is 20.4. The van der Waals surface area contributed by atoms with Gasteiger partial charge in [-0.05, 0) is 72.2 Å². The molecule has 0 radical (unpaired) electrons. The molecule has 0 saturated heterocycles. The number of nitrogens with one attached hydrogen (secondary N) is 1. The molecular formula is C29H25NS. The molecule has 2 aliphatic rings. The maximum atomic E-state index is 3.83. The highest BCUT2D eigenvalue weighted by molar-refractivity contribution is 7.25. The zero-order valence-corrected chi connectivity index (χ0v) is 18.3. The molecule has 3 unspecified atom stereocenters. The quantitative estimate of drug-likeness (QED) is 0.308. The van der Waals surface area contributed by atoms with Gasteiger partial charge in [0.15, 0.2) is 0 Å². The third-order valence-corrected chi connectivity index (χ3v) is 8.90. The maximum absolute atomic E-state index is 3.83. The van der Waals surface area contributed by atoms with E-state index in [-0.39, 0.29) is 0 Å². The van der Waals surface area contributed by atoms with Crippen molar-refractivity contribution in [1.82, 2.24) is 0 Å². The summed E-state index contributed by atoms with van der Waals surface area (Å²) in [6.45, 7) is 0. The van der Waals surface area contributed by atoms with Crippen LogP contribution < -0.4 is 5.32 Å². The molecular weight excluding hydrogens is 394 g/mol. The van der Waals surface area contributed by atoms with Gasteiger partial charge in [-0.2, -0.15) is 0 Å². The molecule has 0 spiro atoms. The van der Waals surface area contributed by atoms with Crippen molar-refractivity contribution < 1.29 is 0 Å². The third-order valence-electron chi connectivity index (χ3n) is 7.77. The van der Waals surface area contributed by atoms with Crippen molar-refractivity contribution in [3.8, 4) is 0 Å². The van der Waals surface area contributed by atoms with Crippen LogP contribution >= 0.6 is 11.3 Å². The van der Waals surface area contributed by atoms with Crippen molar-refractivity contribution in [2.24, 2.45) is 11.8 Å². The minimum absolute atomic E-state index is 0.752. The summed E-state index contributed by atoms with van der Waals surface area (Å²) >= 11 is 1.88. The topological polar surface area (TPSA) is 12.0 Å². The van der Waals surface area contributed by atoms with Crippen LogP contribution in [0.3, 0.4) is 0 Å². The van der Waals surface area contributed by atoms with Crippen LogP contribution in [-0.2, 0) is 0 Å². The summed E-state index contributed by atoms with van der Waals surface area (Å²) in [5.74, 6) is 2.62. The molecule has 3 atom stereocenters. The monoisotopic (exact) mass is 419 g/mol. The van der Waals surface area contributed by atoms with Gasteiger partial charge in [-0.3, -0.25) is 0 Å². The first-order valence-electron chi connectivity index (χ1n) is 11.5. The normalized spacial score (nSPS) is 22.6. The first-order chi connectivity index (χ1) is 15.3. The minimum atomic E-state index is 0.752. The van der Waals surface area contributed by atoms with Crippen molar-refractivity contribution in [2.45, 2.75) is 31.6 Å². The van der Waals surface area contributed by atoms with Crippen molar-refractivity contribution in [1.29, 1.82) is 0 Å². The molecule has 2 bridgehead atoms. The molecule has 2 heteroatoms. The van der Waals surface area contributed by atoms with E-state index in [1.807, 2.05) is 11.3 Å². The Bertz CT molecular complexity index is 1450. The predicted molar refractivity (Wildman–Crippen MR) is 135 cm³/mol. The van der Waals surface area contributed by atoms with Crippen molar-refractivity contribution >= 4 is 53.7 Å². The molecule has 1 nitrogen and oxygen atoms in total. The largest absolute Gasteiger partial charge is 0.354 e. The van der Waals surface area contributed by atoms with E-state index in [9.17, 15) is 0 Å². The molecule has 2 aliphatic carbocycles. The summed E-state index contributed by atoms with van der Waals surface area (Å²) < 4.78 is 2.69. The number of fused-ring (bicyclic) bond motifs is 6. The van der Waals surface area contributed by atoms with E-state index in [0.29, 0.717) is 0 Å². The summed E-state index contributed by atoms with van der Waals surface area (Å²) in [5.41, 5.74) is 3.99. The molecule has 1 heterocycles. The van der Waals surface area contributed by atoms with Crippen LogP contribution in [0.15, 0.2) is 78.9 Å². The van der Waals surface area contributed by atoms with Gasteiger partial charge >= 0.3 is 0 Å². The average molecular weight is 420 g/mol. The smallest absolute Gasteiger partial charge is 0.0478 e. The highest BCUT2D eigenvalue weighted by Gasteiger charge is 2.40. The Morgan fingerprint density at radius 3 is 2.32 bits per heavy atom. The van der Waals surface area contributed by atoms with Crippen molar-refractivity contribution in [2.75, 3.05) is 5.32 Å². The number of thiophene rings is 1. The Labute approximate surface area is 186 Å². The fourth-order valence-electron chi connectivity index (χ4n) is 6.42. The number of hydrogen-bond acceptors (Lipinski definition) is 2. The molecule has 2 saturated carbocycles. The van der Waals surface area contributed by atoms with E-state index in [1.54, 1.807) is 5.56 Å². The SMILES string of the molecule is c1ccc2c(c1)sc1cccc(Nc3cccc4c(C5CC6CCC5C6)cccc34)c12. The first kappa shape index (κ1) is 17.8.